The Morgan fingerprint density at radius 3 is 2.32 bits per heavy atom. The zero-order valence-corrected chi connectivity index (χ0v) is 21.5. The minimum Gasteiger partial charge on any atom is -0.481 e. The van der Waals surface area contributed by atoms with Crippen molar-refractivity contribution in [2.24, 2.45) is 7.05 Å². The first-order valence-corrected chi connectivity index (χ1v) is 13.4. The first-order chi connectivity index (χ1) is 17.8. The van der Waals surface area contributed by atoms with Gasteiger partial charge in [0.25, 0.3) is 10.0 Å². The minimum absolute atomic E-state index is 0.115. The molecular weight excluding hydrogens is 517 g/mol. The number of rotatable bonds is 7. The molecule has 6 nitrogen and oxygen atoms in total. The molecule has 38 heavy (non-hydrogen) atoms. The van der Waals surface area contributed by atoms with Crippen molar-refractivity contribution >= 4 is 32.6 Å². The van der Waals surface area contributed by atoms with Crippen LogP contribution in [0.15, 0.2) is 77.8 Å². The molecule has 198 valence electrons. The zero-order valence-electron chi connectivity index (χ0n) is 20.7. The predicted molar refractivity (Wildman–Crippen MR) is 139 cm³/mol. The third-order valence-electron chi connectivity index (χ3n) is 7.18. The molecule has 1 aliphatic carbocycles. The van der Waals surface area contributed by atoms with Crippen LogP contribution in [-0.2, 0) is 27.3 Å². The molecule has 0 saturated heterocycles. The van der Waals surface area contributed by atoms with Crippen molar-refractivity contribution in [3.8, 4) is 11.1 Å². The summed E-state index contributed by atoms with van der Waals surface area (Å²) in [5.74, 6) is -0.855. The highest BCUT2D eigenvalue weighted by Crippen LogP contribution is 2.49. The summed E-state index contributed by atoms with van der Waals surface area (Å²) in [4.78, 5) is 11.5. The molecule has 3 aromatic carbocycles. The van der Waals surface area contributed by atoms with Crippen molar-refractivity contribution in [1.29, 1.82) is 0 Å². The lowest BCUT2D eigenvalue weighted by molar-refractivity contribution is -0.140. The van der Waals surface area contributed by atoms with E-state index >= 15 is 0 Å². The molecule has 0 atom stereocenters. The monoisotopic (exact) mass is 542 g/mol. The molecule has 1 heterocycles. The van der Waals surface area contributed by atoms with Crippen LogP contribution in [0.4, 0.5) is 18.9 Å². The Balaban J connectivity index is 1.52. The SMILES string of the molecule is Cc1cc(C2(C(=O)O)CC2)ccc1-c1ccc(N(CC(F)(F)F)S(=O)(=O)c2cccc3c2ccn3C)cc1. The van der Waals surface area contributed by atoms with Crippen molar-refractivity contribution in [2.75, 3.05) is 10.8 Å². The van der Waals surface area contributed by atoms with Crippen LogP contribution >= 0.6 is 0 Å². The van der Waals surface area contributed by atoms with Crippen LogP contribution in [0.5, 0.6) is 0 Å². The number of aryl methyl sites for hydroxylation is 2. The Hall–Kier alpha value is -3.79. The normalized spacial score (nSPS) is 15.0. The molecule has 0 aliphatic heterocycles. The molecule has 5 rings (SSSR count). The maximum absolute atomic E-state index is 13.6. The van der Waals surface area contributed by atoms with E-state index in [2.05, 4.69) is 0 Å². The van der Waals surface area contributed by atoms with Gasteiger partial charge in [0, 0.05) is 24.1 Å². The largest absolute Gasteiger partial charge is 0.481 e. The molecule has 0 spiro atoms. The second-order valence-electron chi connectivity index (χ2n) is 9.71. The molecule has 0 unspecified atom stereocenters. The standard InChI is InChI=1S/C28H25F3N2O4S/c1-18-16-20(27(13-14-27)26(34)35)8-11-22(18)19-6-9-21(10-7-19)33(17-28(29,30)31)38(36,37)25-5-3-4-24-23(25)12-15-32(24)2/h3-12,15-16H,13-14,17H2,1-2H3,(H,34,35). The Bertz CT molecular complexity index is 1650. The molecule has 1 aromatic heterocycles. The number of sulfonamides is 1. The van der Waals surface area contributed by atoms with Gasteiger partial charge in [0.15, 0.2) is 0 Å². The molecule has 1 aliphatic rings. The third-order valence-corrected chi connectivity index (χ3v) is 9.02. The highest BCUT2D eigenvalue weighted by atomic mass is 32.2. The summed E-state index contributed by atoms with van der Waals surface area (Å²) in [6.45, 7) is 0.161. The number of carbonyl (C=O) groups is 1. The Labute approximate surface area is 218 Å². The number of halogens is 3. The van der Waals surface area contributed by atoms with Gasteiger partial charge in [0.05, 0.1) is 16.0 Å². The lowest BCUT2D eigenvalue weighted by Gasteiger charge is -2.26. The number of benzene rings is 3. The van der Waals surface area contributed by atoms with Gasteiger partial charge in [-0.15, -0.1) is 0 Å². The fraction of sp³-hybridized carbons (Fsp3) is 0.250. The van der Waals surface area contributed by atoms with Gasteiger partial charge in [-0.2, -0.15) is 13.2 Å². The van der Waals surface area contributed by atoms with Crippen LogP contribution in [0, 0.1) is 6.92 Å². The minimum atomic E-state index is -4.77. The number of fused-ring (bicyclic) bond motifs is 1. The van der Waals surface area contributed by atoms with E-state index in [0.29, 0.717) is 33.6 Å². The van der Waals surface area contributed by atoms with Gasteiger partial charge in [0.2, 0.25) is 0 Å². The quantitative estimate of drug-likeness (QED) is 0.309. The third kappa shape index (κ3) is 4.42. The first-order valence-electron chi connectivity index (χ1n) is 11.9. The van der Waals surface area contributed by atoms with E-state index < -0.39 is 34.1 Å². The second-order valence-corrected chi connectivity index (χ2v) is 11.5. The molecular formula is C28H25F3N2O4S. The van der Waals surface area contributed by atoms with Gasteiger partial charge in [0.1, 0.15) is 6.54 Å². The van der Waals surface area contributed by atoms with Crippen LogP contribution in [0.2, 0.25) is 0 Å². The van der Waals surface area contributed by atoms with Gasteiger partial charge >= 0.3 is 12.1 Å². The maximum atomic E-state index is 13.6. The van der Waals surface area contributed by atoms with E-state index in [1.165, 1.54) is 24.3 Å². The topological polar surface area (TPSA) is 79.6 Å². The Morgan fingerprint density at radius 1 is 1.05 bits per heavy atom. The number of aromatic nitrogens is 1. The smallest absolute Gasteiger partial charge is 0.407 e. The van der Waals surface area contributed by atoms with Gasteiger partial charge in [-0.25, -0.2) is 8.42 Å². The van der Waals surface area contributed by atoms with Crippen molar-refractivity contribution in [2.45, 2.75) is 36.3 Å². The van der Waals surface area contributed by atoms with Crippen LogP contribution in [-0.4, -0.2) is 36.8 Å². The second kappa shape index (κ2) is 8.90. The summed E-state index contributed by atoms with van der Waals surface area (Å²) in [7, 11) is -2.84. The van der Waals surface area contributed by atoms with Crippen molar-refractivity contribution in [1.82, 2.24) is 4.57 Å². The number of carboxylic acid groups (broad SMARTS) is 1. The van der Waals surface area contributed by atoms with E-state index in [1.807, 2.05) is 13.0 Å². The number of hydrogen-bond donors (Lipinski definition) is 1. The van der Waals surface area contributed by atoms with Crippen LogP contribution in [0.1, 0.15) is 24.0 Å². The Morgan fingerprint density at radius 2 is 1.74 bits per heavy atom. The molecule has 0 radical (unpaired) electrons. The zero-order chi connectivity index (χ0) is 27.5. The lowest BCUT2D eigenvalue weighted by atomic mass is 9.91. The highest BCUT2D eigenvalue weighted by molar-refractivity contribution is 7.93. The summed E-state index contributed by atoms with van der Waals surface area (Å²) >= 11 is 0. The molecule has 10 heteroatoms. The number of anilines is 1. The van der Waals surface area contributed by atoms with Crippen molar-refractivity contribution in [3.63, 3.8) is 0 Å². The average Bonchev–Trinajstić information content (AvgIpc) is 3.60. The predicted octanol–water partition coefficient (Wildman–Crippen LogP) is 6.03. The molecule has 0 amide bonds. The molecule has 1 saturated carbocycles. The number of carboxylic acids is 1. The van der Waals surface area contributed by atoms with Crippen molar-refractivity contribution < 1.29 is 31.5 Å². The summed E-state index contributed by atoms with van der Waals surface area (Å²) in [6.07, 6.45) is -1.96. The summed E-state index contributed by atoms with van der Waals surface area (Å²) in [5.41, 5.74) is 2.62. The fourth-order valence-electron chi connectivity index (χ4n) is 4.94. The summed E-state index contributed by atoms with van der Waals surface area (Å²) < 4.78 is 70.1. The summed E-state index contributed by atoms with van der Waals surface area (Å²) in [6, 6.07) is 17.3. The summed E-state index contributed by atoms with van der Waals surface area (Å²) in [5, 5.41) is 9.91. The van der Waals surface area contributed by atoms with Gasteiger partial charge in [-0.05, 0) is 72.4 Å². The van der Waals surface area contributed by atoms with Crippen LogP contribution in [0.25, 0.3) is 22.0 Å². The number of alkyl halides is 3. The van der Waals surface area contributed by atoms with E-state index in [0.717, 1.165) is 16.7 Å². The number of aliphatic carboxylic acids is 1. The van der Waals surface area contributed by atoms with E-state index in [1.54, 1.807) is 54.2 Å². The Kier molecular flexibility index (Phi) is 6.05. The average molecular weight is 543 g/mol. The van der Waals surface area contributed by atoms with Crippen LogP contribution < -0.4 is 4.31 Å². The maximum Gasteiger partial charge on any atom is 0.407 e. The first kappa shape index (κ1) is 25.8. The molecule has 1 fully saturated rings. The van der Waals surface area contributed by atoms with Gasteiger partial charge in [-0.3, -0.25) is 9.10 Å². The van der Waals surface area contributed by atoms with Gasteiger partial charge in [-0.1, -0.05) is 36.4 Å². The molecule has 1 N–H and O–H groups in total. The molecule has 0 bridgehead atoms. The van der Waals surface area contributed by atoms with Crippen molar-refractivity contribution in [3.05, 3.63) is 84.1 Å². The van der Waals surface area contributed by atoms with E-state index in [4.69, 9.17) is 0 Å². The lowest BCUT2D eigenvalue weighted by Crippen LogP contribution is -2.39. The van der Waals surface area contributed by atoms with Gasteiger partial charge < -0.3 is 9.67 Å². The number of hydrogen-bond acceptors (Lipinski definition) is 3. The van der Waals surface area contributed by atoms with E-state index in [-0.39, 0.29) is 10.6 Å². The van der Waals surface area contributed by atoms with Crippen LogP contribution in [0.3, 0.4) is 0 Å². The molecule has 4 aromatic rings. The fourth-order valence-corrected chi connectivity index (χ4v) is 6.59. The van der Waals surface area contributed by atoms with E-state index in [9.17, 15) is 31.5 Å². The number of nitrogens with zero attached hydrogens (tertiary/aromatic N) is 2. The highest BCUT2D eigenvalue weighted by Gasteiger charge is 2.51.